The Balaban J connectivity index is 1.81. The Labute approximate surface area is 180 Å². The second-order valence-electron chi connectivity index (χ2n) is 6.93. The lowest BCUT2D eigenvalue weighted by Crippen LogP contribution is -2.45. The summed E-state index contributed by atoms with van der Waals surface area (Å²) in [6, 6.07) is 12.1. The molecule has 0 radical (unpaired) electrons. The van der Waals surface area contributed by atoms with Gasteiger partial charge in [0.2, 0.25) is 15.9 Å². The van der Waals surface area contributed by atoms with Crippen LogP contribution in [0.3, 0.4) is 0 Å². The van der Waals surface area contributed by atoms with Gasteiger partial charge in [-0.3, -0.25) is 4.79 Å². The molecule has 1 atom stereocenters. The van der Waals surface area contributed by atoms with Gasteiger partial charge in [-0.15, -0.1) is 0 Å². The third-order valence-electron chi connectivity index (χ3n) is 4.96. The van der Waals surface area contributed by atoms with Crippen molar-refractivity contribution in [2.24, 2.45) is 0 Å². The van der Waals surface area contributed by atoms with Gasteiger partial charge in [0.25, 0.3) is 0 Å². The number of carbonyl (C=O) groups is 1. The lowest BCUT2D eigenvalue weighted by molar-refractivity contribution is -0.119. The molecule has 0 N–H and O–H groups in total. The molecule has 0 aromatic heterocycles. The van der Waals surface area contributed by atoms with E-state index in [1.165, 1.54) is 16.4 Å². The molecule has 1 heterocycles. The second-order valence-corrected chi connectivity index (χ2v) is 9.78. The van der Waals surface area contributed by atoms with Crippen molar-refractivity contribution in [2.75, 3.05) is 24.6 Å². The van der Waals surface area contributed by atoms with Gasteiger partial charge in [-0.1, -0.05) is 22.9 Å². The van der Waals surface area contributed by atoms with Crippen molar-refractivity contribution in [1.82, 2.24) is 4.31 Å². The summed E-state index contributed by atoms with van der Waals surface area (Å²) in [6.45, 7) is 6.09. The average Bonchev–Trinajstić information content (AvgIpc) is 3.01. The Hall–Kier alpha value is -1.90. The number of anilines is 1. The van der Waals surface area contributed by atoms with Crippen LogP contribution in [0.1, 0.15) is 26.3 Å². The van der Waals surface area contributed by atoms with Crippen molar-refractivity contribution < 1.29 is 17.9 Å². The topological polar surface area (TPSA) is 66.9 Å². The molecule has 0 fully saturated rings. The van der Waals surface area contributed by atoms with Gasteiger partial charge in [0.1, 0.15) is 5.75 Å². The van der Waals surface area contributed by atoms with E-state index in [4.69, 9.17) is 4.74 Å². The number of fused-ring (bicyclic) bond motifs is 1. The van der Waals surface area contributed by atoms with E-state index in [0.29, 0.717) is 12.4 Å². The van der Waals surface area contributed by atoms with Gasteiger partial charge in [-0.25, -0.2) is 8.42 Å². The zero-order valence-corrected chi connectivity index (χ0v) is 19.2. The van der Waals surface area contributed by atoms with Crippen LogP contribution in [0.5, 0.6) is 5.75 Å². The smallest absolute Gasteiger partial charge is 0.243 e. The van der Waals surface area contributed by atoms with Crippen LogP contribution in [0, 0.1) is 0 Å². The van der Waals surface area contributed by atoms with Gasteiger partial charge in [0.15, 0.2) is 0 Å². The molecule has 2 aromatic rings. The fraction of sp³-hybridized carbons (Fsp3) is 0.381. The zero-order valence-electron chi connectivity index (χ0n) is 16.8. The van der Waals surface area contributed by atoms with Crippen molar-refractivity contribution in [2.45, 2.75) is 38.1 Å². The maximum atomic E-state index is 13.1. The highest BCUT2D eigenvalue weighted by Gasteiger charge is 2.34. The van der Waals surface area contributed by atoms with Crippen LogP contribution < -0.4 is 9.64 Å². The maximum absolute atomic E-state index is 13.1. The lowest BCUT2D eigenvalue weighted by Gasteiger charge is -2.27. The SMILES string of the molecule is CCOc1ccc(S(=O)(=O)N(CC)CC(=O)N2c3ccc(Br)cc3C[C@H]2C)cc1. The molecular formula is C21H25BrN2O4S. The van der Waals surface area contributed by atoms with Gasteiger partial charge < -0.3 is 9.64 Å². The van der Waals surface area contributed by atoms with E-state index in [0.717, 1.165) is 22.1 Å². The number of sulfonamides is 1. The van der Waals surface area contributed by atoms with Gasteiger partial charge in [-0.2, -0.15) is 4.31 Å². The first kappa shape index (κ1) is 21.8. The molecule has 1 aliphatic heterocycles. The van der Waals surface area contributed by atoms with Crippen LogP contribution in [-0.4, -0.2) is 44.4 Å². The Morgan fingerprint density at radius 3 is 2.52 bits per heavy atom. The van der Waals surface area contributed by atoms with E-state index in [9.17, 15) is 13.2 Å². The molecule has 0 saturated carbocycles. The van der Waals surface area contributed by atoms with Crippen molar-refractivity contribution >= 4 is 37.5 Å². The highest BCUT2D eigenvalue weighted by molar-refractivity contribution is 9.10. The minimum Gasteiger partial charge on any atom is -0.494 e. The number of ether oxygens (including phenoxy) is 1. The van der Waals surface area contributed by atoms with E-state index < -0.39 is 10.0 Å². The van der Waals surface area contributed by atoms with Gasteiger partial charge in [-0.05, 0) is 68.3 Å². The molecule has 0 aliphatic carbocycles. The number of rotatable bonds is 7. The standard InChI is InChI=1S/C21H25BrN2O4S/c1-4-23(29(26,27)19-9-7-18(8-10-19)28-5-2)14-21(25)24-15(3)12-16-13-17(22)6-11-20(16)24/h6-11,13,15H,4-5,12,14H2,1-3H3/t15-/m1/s1. The van der Waals surface area contributed by atoms with Crippen LogP contribution in [0.25, 0.3) is 0 Å². The fourth-order valence-corrected chi connectivity index (χ4v) is 5.40. The molecule has 8 heteroatoms. The molecule has 0 spiro atoms. The van der Waals surface area contributed by atoms with Crippen molar-refractivity contribution in [3.63, 3.8) is 0 Å². The van der Waals surface area contributed by atoms with Crippen molar-refractivity contribution in [3.8, 4) is 5.75 Å². The van der Waals surface area contributed by atoms with Crippen LogP contribution in [-0.2, 0) is 21.2 Å². The molecule has 2 aromatic carbocycles. The normalized spacial score (nSPS) is 16.2. The monoisotopic (exact) mass is 480 g/mol. The first-order valence-corrected chi connectivity index (χ1v) is 11.8. The van der Waals surface area contributed by atoms with Crippen LogP contribution in [0.4, 0.5) is 5.69 Å². The van der Waals surface area contributed by atoms with E-state index in [-0.39, 0.29) is 29.9 Å². The Bertz CT molecular complexity index is 992. The molecule has 0 saturated heterocycles. The summed E-state index contributed by atoms with van der Waals surface area (Å²) in [4.78, 5) is 14.9. The molecule has 0 bridgehead atoms. The van der Waals surface area contributed by atoms with Crippen LogP contribution in [0.2, 0.25) is 0 Å². The van der Waals surface area contributed by atoms with E-state index in [1.54, 1.807) is 24.0 Å². The maximum Gasteiger partial charge on any atom is 0.243 e. The molecule has 3 rings (SSSR count). The molecule has 6 nitrogen and oxygen atoms in total. The predicted octanol–water partition coefficient (Wildman–Crippen LogP) is 3.84. The minimum absolute atomic E-state index is 0.0151. The average molecular weight is 481 g/mol. The highest BCUT2D eigenvalue weighted by atomic mass is 79.9. The van der Waals surface area contributed by atoms with Crippen LogP contribution in [0.15, 0.2) is 51.8 Å². The number of benzene rings is 2. The molecular weight excluding hydrogens is 456 g/mol. The summed E-state index contributed by atoms with van der Waals surface area (Å²) in [5.41, 5.74) is 1.93. The molecule has 29 heavy (non-hydrogen) atoms. The first-order chi connectivity index (χ1) is 13.8. The van der Waals surface area contributed by atoms with E-state index in [1.807, 2.05) is 32.0 Å². The van der Waals surface area contributed by atoms with E-state index in [2.05, 4.69) is 15.9 Å². The van der Waals surface area contributed by atoms with E-state index >= 15 is 0 Å². The molecule has 0 unspecified atom stereocenters. The number of halogens is 1. The van der Waals surface area contributed by atoms with Gasteiger partial charge in [0.05, 0.1) is 18.0 Å². The number of likely N-dealkylation sites (N-methyl/N-ethyl adjacent to an activating group) is 1. The Kier molecular flexibility index (Phi) is 6.65. The summed E-state index contributed by atoms with van der Waals surface area (Å²) in [5, 5.41) is 0. The number of hydrogen-bond donors (Lipinski definition) is 0. The fourth-order valence-electron chi connectivity index (χ4n) is 3.60. The number of hydrogen-bond acceptors (Lipinski definition) is 4. The summed E-state index contributed by atoms with van der Waals surface area (Å²) in [5.74, 6) is 0.383. The number of nitrogens with zero attached hydrogens (tertiary/aromatic N) is 2. The molecule has 1 aliphatic rings. The van der Waals surface area contributed by atoms with Crippen molar-refractivity contribution in [3.05, 3.63) is 52.5 Å². The highest BCUT2D eigenvalue weighted by Crippen LogP contribution is 2.34. The minimum atomic E-state index is -3.79. The predicted molar refractivity (Wildman–Crippen MR) is 117 cm³/mol. The third kappa shape index (κ3) is 4.49. The van der Waals surface area contributed by atoms with Crippen molar-refractivity contribution in [1.29, 1.82) is 0 Å². The summed E-state index contributed by atoms with van der Waals surface area (Å²) >= 11 is 3.46. The quantitative estimate of drug-likeness (QED) is 0.603. The number of amides is 1. The third-order valence-corrected chi connectivity index (χ3v) is 7.39. The summed E-state index contributed by atoms with van der Waals surface area (Å²) in [7, 11) is -3.79. The lowest BCUT2D eigenvalue weighted by atomic mass is 10.1. The van der Waals surface area contributed by atoms with Gasteiger partial charge in [0, 0.05) is 22.7 Å². The molecule has 1 amide bonds. The van der Waals surface area contributed by atoms with Crippen LogP contribution >= 0.6 is 15.9 Å². The zero-order chi connectivity index (χ0) is 21.2. The molecule has 156 valence electrons. The largest absolute Gasteiger partial charge is 0.494 e. The summed E-state index contributed by atoms with van der Waals surface area (Å²) in [6.07, 6.45) is 0.748. The van der Waals surface area contributed by atoms with Gasteiger partial charge >= 0.3 is 0 Å². The Morgan fingerprint density at radius 1 is 1.21 bits per heavy atom. The second kappa shape index (κ2) is 8.85. The Morgan fingerprint density at radius 2 is 1.90 bits per heavy atom. The number of carbonyl (C=O) groups excluding carboxylic acids is 1. The summed E-state index contributed by atoms with van der Waals surface area (Å²) < 4.78 is 33.7. The first-order valence-electron chi connectivity index (χ1n) is 9.61.